The molecule has 4 nitrogen and oxygen atoms in total. The number of nitrogens with zero attached hydrogens (tertiary/aromatic N) is 1. The highest BCUT2D eigenvalue weighted by molar-refractivity contribution is 5.87. The van der Waals surface area contributed by atoms with Crippen LogP contribution in [-0.4, -0.2) is 16.1 Å². The summed E-state index contributed by atoms with van der Waals surface area (Å²) in [6.45, 7) is 4.24. The van der Waals surface area contributed by atoms with E-state index in [1.165, 1.54) is 30.5 Å². The van der Waals surface area contributed by atoms with Crippen molar-refractivity contribution in [3.8, 4) is 5.75 Å². The molecular weight excluding hydrogens is 443 g/mol. The number of ether oxygens (including phenoxy) is 1. The van der Waals surface area contributed by atoms with Gasteiger partial charge in [-0.05, 0) is 60.2 Å². The molecule has 2 atom stereocenters. The number of halogens is 3. The van der Waals surface area contributed by atoms with Gasteiger partial charge in [0.2, 0.25) is 0 Å². The quantitative estimate of drug-likeness (QED) is 0.405. The molecular formula is C27H28F3NO3. The molecule has 1 aliphatic carbocycles. The molecule has 180 valence electrons. The number of aromatic carboxylic acids is 1. The molecule has 1 saturated carbocycles. The van der Waals surface area contributed by atoms with Crippen LogP contribution in [0, 0.1) is 0 Å². The first-order chi connectivity index (χ1) is 16.3. The molecule has 3 aromatic rings. The summed E-state index contributed by atoms with van der Waals surface area (Å²) in [4.78, 5) is 15.7. The van der Waals surface area contributed by atoms with E-state index >= 15 is 0 Å². The maximum Gasteiger partial charge on any atom is 0.416 e. The summed E-state index contributed by atoms with van der Waals surface area (Å²) in [6, 6.07) is 15.9. The first-order valence-corrected chi connectivity index (χ1v) is 11.4. The van der Waals surface area contributed by atoms with Gasteiger partial charge in [0.25, 0.3) is 0 Å². The number of hydrogen-bond donors (Lipinski definition) is 1. The lowest BCUT2D eigenvalue weighted by molar-refractivity contribution is -0.137. The number of carbonyl (C=O) groups is 1. The van der Waals surface area contributed by atoms with E-state index in [9.17, 15) is 23.1 Å². The first kappa shape index (κ1) is 25.3. The van der Waals surface area contributed by atoms with E-state index in [2.05, 4.69) is 4.98 Å². The molecule has 34 heavy (non-hydrogen) atoms. The number of hydrogen-bond acceptors (Lipinski definition) is 3. The van der Waals surface area contributed by atoms with Crippen LogP contribution < -0.4 is 4.74 Å². The van der Waals surface area contributed by atoms with Gasteiger partial charge in [0.15, 0.2) is 0 Å². The minimum Gasteiger partial charge on any atom is -0.489 e. The van der Waals surface area contributed by atoms with Crippen molar-refractivity contribution in [3.63, 3.8) is 0 Å². The van der Waals surface area contributed by atoms with Crippen molar-refractivity contribution in [2.24, 2.45) is 0 Å². The number of carboxylic acid groups (broad SMARTS) is 1. The molecule has 0 amide bonds. The zero-order chi connectivity index (χ0) is 24.7. The van der Waals surface area contributed by atoms with Gasteiger partial charge in [-0.15, -0.1) is 0 Å². The van der Waals surface area contributed by atoms with Crippen LogP contribution in [0.5, 0.6) is 5.75 Å². The fourth-order valence-electron chi connectivity index (χ4n) is 4.35. The third-order valence-electron chi connectivity index (χ3n) is 5.90. The molecule has 2 unspecified atom stereocenters. The maximum absolute atomic E-state index is 13.5. The summed E-state index contributed by atoms with van der Waals surface area (Å²) in [6.07, 6.45) is -0.833. The van der Waals surface area contributed by atoms with Crippen LogP contribution in [0.1, 0.15) is 77.7 Å². The van der Waals surface area contributed by atoms with Crippen molar-refractivity contribution in [3.05, 3.63) is 94.8 Å². The topological polar surface area (TPSA) is 59.4 Å². The van der Waals surface area contributed by atoms with Gasteiger partial charge in [0.1, 0.15) is 12.4 Å². The molecule has 1 N–H and O–H groups in total. The van der Waals surface area contributed by atoms with Gasteiger partial charge in [-0.2, -0.15) is 13.2 Å². The molecule has 1 heterocycles. The fourth-order valence-corrected chi connectivity index (χ4v) is 4.35. The highest BCUT2D eigenvalue weighted by atomic mass is 19.4. The van der Waals surface area contributed by atoms with E-state index < -0.39 is 17.7 Å². The Labute approximate surface area is 197 Å². The summed E-state index contributed by atoms with van der Waals surface area (Å²) in [5.41, 5.74) is 1.37. The number of aromatic nitrogens is 1. The van der Waals surface area contributed by atoms with Gasteiger partial charge in [-0.25, -0.2) is 4.79 Å². The second kappa shape index (κ2) is 11.2. The number of alkyl halides is 3. The van der Waals surface area contributed by atoms with Gasteiger partial charge in [-0.1, -0.05) is 50.6 Å². The smallest absolute Gasteiger partial charge is 0.416 e. The second-order valence-corrected chi connectivity index (χ2v) is 7.94. The lowest BCUT2D eigenvalue weighted by Gasteiger charge is -2.24. The number of rotatable bonds is 6. The number of pyridine rings is 1. The Bertz CT molecular complexity index is 1100. The SMILES string of the molecule is CC.O=C(O)c1ccnc(C2CCCC2c2cc(C(F)(F)F)ccc2OCc2ccccc2)c1. The lowest BCUT2D eigenvalue weighted by Crippen LogP contribution is -2.12. The molecule has 0 bridgehead atoms. The van der Waals surface area contributed by atoms with Crippen LogP contribution in [0.15, 0.2) is 66.9 Å². The van der Waals surface area contributed by atoms with Gasteiger partial charge < -0.3 is 9.84 Å². The van der Waals surface area contributed by atoms with Crippen molar-refractivity contribution in [2.45, 2.75) is 57.7 Å². The predicted octanol–water partition coefficient (Wildman–Crippen LogP) is 7.46. The van der Waals surface area contributed by atoms with Crippen molar-refractivity contribution in [1.29, 1.82) is 0 Å². The third-order valence-corrected chi connectivity index (χ3v) is 5.90. The fraction of sp³-hybridized carbons (Fsp3) is 0.333. The lowest BCUT2D eigenvalue weighted by atomic mass is 9.85. The predicted molar refractivity (Wildman–Crippen MR) is 124 cm³/mol. The summed E-state index contributed by atoms with van der Waals surface area (Å²) >= 11 is 0. The van der Waals surface area contributed by atoms with E-state index in [0.717, 1.165) is 24.5 Å². The second-order valence-electron chi connectivity index (χ2n) is 7.94. The average Bonchev–Trinajstić information content (AvgIpc) is 3.34. The molecule has 1 fully saturated rings. The molecule has 0 aliphatic heterocycles. The zero-order valence-corrected chi connectivity index (χ0v) is 19.2. The Balaban J connectivity index is 0.00000158. The molecule has 2 aromatic carbocycles. The maximum atomic E-state index is 13.5. The van der Waals surface area contributed by atoms with Crippen molar-refractivity contribution in [1.82, 2.24) is 4.98 Å². The van der Waals surface area contributed by atoms with Gasteiger partial charge >= 0.3 is 12.1 Å². The van der Waals surface area contributed by atoms with Crippen molar-refractivity contribution in [2.75, 3.05) is 0 Å². The summed E-state index contributed by atoms with van der Waals surface area (Å²) in [5.74, 6) is -1.08. The summed E-state index contributed by atoms with van der Waals surface area (Å²) in [7, 11) is 0. The van der Waals surface area contributed by atoms with Crippen LogP contribution in [0.4, 0.5) is 13.2 Å². The monoisotopic (exact) mass is 471 g/mol. The Kier molecular flexibility index (Phi) is 8.31. The number of benzene rings is 2. The van der Waals surface area contributed by atoms with Crippen LogP contribution in [0.25, 0.3) is 0 Å². The van der Waals surface area contributed by atoms with Crippen LogP contribution in [0.3, 0.4) is 0 Å². The van der Waals surface area contributed by atoms with Gasteiger partial charge in [0.05, 0.1) is 11.1 Å². The van der Waals surface area contributed by atoms with Gasteiger partial charge in [-0.3, -0.25) is 4.98 Å². The van der Waals surface area contributed by atoms with Crippen molar-refractivity contribution < 1.29 is 27.8 Å². The zero-order valence-electron chi connectivity index (χ0n) is 19.2. The Morgan fingerprint density at radius 3 is 2.41 bits per heavy atom. The number of carboxylic acids is 1. The average molecular weight is 472 g/mol. The standard InChI is InChI=1S/C25H22F3NO3.C2H6/c26-25(27,28)18-9-10-23(32-15-16-5-2-1-3-6-16)21(14-18)19-7-4-8-20(19)22-13-17(24(30)31)11-12-29-22;1-2/h1-3,5-6,9-14,19-20H,4,7-8,15H2,(H,30,31);1-2H3. The van der Waals surface area contributed by atoms with E-state index in [1.807, 2.05) is 44.2 Å². The highest BCUT2D eigenvalue weighted by Crippen LogP contribution is 2.49. The minimum atomic E-state index is -4.47. The molecule has 1 aromatic heterocycles. The molecule has 7 heteroatoms. The molecule has 1 aliphatic rings. The van der Waals surface area contributed by atoms with Gasteiger partial charge in [0, 0.05) is 17.8 Å². The summed E-state index contributed by atoms with van der Waals surface area (Å²) < 4.78 is 46.4. The molecule has 0 saturated heterocycles. The van der Waals surface area contributed by atoms with E-state index in [-0.39, 0.29) is 24.0 Å². The minimum absolute atomic E-state index is 0.116. The Morgan fingerprint density at radius 2 is 1.74 bits per heavy atom. The molecule has 0 spiro atoms. The first-order valence-electron chi connectivity index (χ1n) is 11.4. The third kappa shape index (κ3) is 5.95. The Morgan fingerprint density at radius 1 is 1.03 bits per heavy atom. The Hall–Kier alpha value is -3.35. The normalized spacial score (nSPS) is 17.6. The molecule has 4 rings (SSSR count). The largest absolute Gasteiger partial charge is 0.489 e. The van der Waals surface area contributed by atoms with E-state index in [1.54, 1.807) is 0 Å². The van der Waals surface area contributed by atoms with Crippen LogP contribution >= 0.6 is 0 Å². The highest BCUT2D eigenvalue weighted by Gasteiger charge is 2.36. The van der Waals surface area contributed by atoms with E-state index in [0.29, 0.717) is 23.4 Å². The van der Waals surface area contributed by atoms with Crippen LogP contribution in [0.2, 0.25) is 0 Å². The molecule has 0 radical (unpaired) electrons. The van der Waals surface area contributed by atoms with E-state index in [4.69, 9.17) is 4.74 Å². The van der Waals surface area contributed by atoms with Crippen molar-refractivity contribution >= 4 is 5.97 Å². The van der Waals surface area contributed by atoms with Crippen LogP contribution in [-0.2, 0) is 12.8 Å². The summed E-state index contributed by atoms with van der Waals surface area (Å²) in [5, 5.41) is 9.31.